The smallest absolute Gasteiger partial charge is 0.134 e. The second-order valence-corrected chi connectivity index (χ2v) is 4.92. The van der Waals surface area contributed by atoms with Crippen molar-refractivity contribution in [2.75, 3.05) is 5.32 Å². The van der Waals surface area contributed by atoms with E-state index in [2.05, 4.69) is 5.32 Å². The van der Waals surface area contributed by atoms with E-state index < -0.39 is 0 Å². The number of anilines is 1. The van der Waals surface area contributed by atoms with Crippen molar-refractivity contribution in [1.29, 1.82) is 0 Å². The van der Waals surface area contributed by atoms with Crippen LogP contribution in [0.5, 0.6) is 5.75 Å². The van der Waals surface area contributed by atoms with Crippen LogP contribution in [-0.4, -0.2) is 5.11 Å². The Balaban J connectivity index is 2.06. The van der Waals surface area contributed by atoms with Gasteiger partial charge >= 0.3 is 0 Å². The Kier molecular flexibility index (Phi) is 4.00. The molecule has 0 amide bonds. The number of hydrogen-bond donors (Lipinski definition) is 2. The molecule has 0 saturated carbocycles. The molecular weight excluding hydrogens is 269 g/mol. The van der Waals surface area contributed by atoms with Crippen LogP contribution >= 0.6 is 23.2 Å². The van der Waals surface area contributed by atoms with E-state index in [0.717, 1.165) is 21.8 Å². The van der Waals surface area contributed by atoms with E-state index in [1.165, 1.54) is 0 Å². The van der Waals surface area contributed by atoms with Crippen LogP contribution in [0, 0.1) is 6.92 Å². The molecule has 0 fully saturated rings. The fourth-order valence-electron chi connectivity index (χ4n) is 1.57. The van der Waals surface area contributed by atoms with Crippen LogP contribution in [0.25, 0.3) is 0 Å². The first-order chi connectivity index (χ1) is 8.56. The molecule has 0 unspecified atom stereocenters. The second kappa shape index (κ2) is 5.51. The fraction of sp³-hybridized carbons (Fsp3) is 0.143. The minimum atomic E-state index is 0.0839. The molecule has 2 rings (SSSR count). The predicted molar refractivity (Wildman–Crippen MR) is 76.6 cm³/mol. The highest BCUT2D eigenvalue weighted by molar-refractivity contribution is 6.32. The molecule has 2 nitrogen and oxygen atoms in total. The highest BCUT2D eigenvalue weighted by atomic mass is 35.5. The normalized spacial score (nSPS) is 10.4. The van der Waals surface area contributed by atoms with Crippen molar-refractivity contribution in [3.05, 3.63) is 57.6 Å². The summed E-state index contributed by atoms with van der Waals surface area (Å²) in [7, 11) is 0. The highest BCUT2D eigenvalue weighted by Crippen LogP contribution is 2.26. The number of aromatic hydroxyl groups is 1. The van der Waals surface area contributed by atoms with Gasteiger partial charge < -0.3 is 10.4 Å². The SMILES string of the molecule is Cc1ccc(CNc2ccc(O)c(Cl)c2)cc1Cl. The van der Waals surface area contributed by atoms with E-state index in [1.54, 1.807) is 18.2 Å². The maximum Gasteiger partial charge on any atom is 0.134 e. The van der Waals surface area contributed by atoms with E-state index >= 15 is 0 Å². The van der Waals surface area contributed by atoms with E-state index in [-0.39, 0.29) is 5.75 Å². The maximum absolute atomic E-state index is 9.32. The number of phenolic OH excluding ortho intramolecular Hbond substituents is 1. The van der Waals surface area contributed by atoms with Gasteiger partial charge in [-0.15, -0.1) is 0 Å². The maximum atomic E-state index is 9.32. The van der Waals surface area contributed by atoms with E-state index in [9.17, 15) is 5.11 Å². The summed E-state index contributed by atoms with van der Waals surface area (Å²) in [5.41, 5.74) is 3.01. The van der Waals surface area contributed by atoms with Gasteiger partial charge in [0.1, 0.15) is 5.75 Å². The van der Waals surface area contributed by atoms with Crippen LogP contribution in [0.3, 0.4) is 0 Å². The number of benzene rings is 2. The van der Waals surface area contributed by atoms with Gasteiger partial charge in [0, 0.05) is 17.3 Å². The molecule has 0 aliphatic heterocycles. The van der Waals surface area contributed by atoms with Crippen molar-refractivity contribution < 1.29 is 5.11 Å². The third-order valence-electron chi connectivity index (χ3n) is 2.68. The Morgan fingerprint density at radius 3 is 2.50 bits per heavy atom. The zero-order valence-electron chi connectivity index (χ0n) is 9.87. The van der Waals surface area contributed by atoms with Gasteiger partial charge in [-0.05, 0) is 42.3 Å². The van der Waals surface area contributed by atoms with Crippen molar-refractivity contribution in [2.24, 2.45) is 0 Å². The predicted octanol–water partition coefficient (Wildman–Crippen LogP) is 4.62. The second-order valence-electron chi connectivity index (χ2n) is 4.10. The lowest BCUT2D eigenvalue weighted by Crippen LogP contribution is -1.99. The third-order valence-corrected chi connectivity index (χ3v) is 3.39. The van der Waals surface area contributed by atoms with Gasteiger partial charge in [0.25, 0.3) is 0 Å². The summed E-state index contributed by atoms with van der Waals surface area (Å²) in [5.74, 6) is 0.0839. The number of rotatable bonds is 3. The van der Waals surface area contributed by atoms with Crippen LogP contribution in [0.15, 0.2) is 36.4 Å². The topological polar surface area (TPSA) is 32.3 Å². The molecular formula is C14H13Cl2NO. The summed E-state index contributed by atoms with van der Waals surface area (Å²) in [4.78, 5) is 0. The van der Waals surface area contributed by atoms with Crippen LogP contribution in [0.2, 0.25) is 10.0 Å². The molecule has 2 aromatic carbocycles. The fourth-order valence-corrected chi connectivity index (χ4v) is 1.95. The molecule has 0 aliphatic carbocycles. The van der Waals surface area contributed by atoms with Crippen LogP contribution in [-0.2, 0) is 6.54 Å². The molecule has 0 aliphatic rings. The molecule has 0 bridgehead atoms. The average molecular weight is 282 g/mol. The summed E-state index contributed by atoms with van der Waals surface area (Å²) in [6, 6.07) is 11.0. The zero-order valence-corrected chi connectivity index (χ0v) is 11.4. The van der Waals surface area contributed by atoms with Gasteiger partial charge in [-0.1, -0.05) is 35.3 Å². The van der Waals surface area contributed by atoms with E-state index in [4.69, 9.17) is 23.2 Å². The lowest BCUT2D eigenvalue weighted by Gasteiger charge is -2.08. The summed E-state index contributed by atoms with van der Waals surface area (Å²) in [6.07, 6.45) is 0. The molecule has 0 radical (unpaired) electrons. The van der Waals surface area contributed by atoms with Crippen LogP contribution < -0.4 is 5.32 Å². The van der Waals surface area contributed by atoms with Crippen molar-refractivity contribution in [1.82, 2.24) is 0 Å². The monoisotopic (exact) mass is 281 g/mol. The van der Waals surface area contributed by atoms with Crippen LogP contribution in [0.1, 0.15) is 11.1 Å². The molecule has 4 heteroatoms. The van der Waals surface area contributed by atoms with Crippen molar-refractivity contribution in [3.63, 3.8) is 0 Å². The number of nitrogens with one attached hydrogen (secondary N) is 1. The van der Waals surface area contributed by atoms with Gasteiger partial charge in [-0.2, -0.15) is 0 Å². The molecule has 0 atom stereocenters. The van der Waals surface area contributed by atoms with E-state index in [0.29, 0.717) is 11.6 Å². The molecule has 2 aromatic rings. The number of hydrogen-bond acceptors (Lipinski definition) is 2. The molecule has 0 heterocycles. The van der Waals surface area contributed by atoms with Crippen molar-refractivity contribution in [2.45, 2.75) is 13.5 Å². The Labute approximate surface area is 116 Å². The van der Waals surface area contributed by atoms with E-state index in [1.807, 2.05) is 25.1 Å². The van der Waals surface area contributed by atoms with Gasteiger partial charge in [-0.3, -0.25) is 0 Å². The largest absolute Gasteiger partial charge is 0.506 e. The summed E-state index contributed by atoms with van der Waals surface area (Å²) in [5, 5.41) is 13.6. The molecule has 0 saturated heterocycles. The Morgan fingerprint density at radius 1 is 1.06 bits per heavy atom. The molecule has 18 heavy (non-hydrogen) atoms. The van der Waals surface area contributed by atoms with Gasteiger partial charge in [-0.25, -0.2) is 0 Å². The first-order valence-electron chi connectivity index (χ1n) is 5.53. The molecule has 94 valence electrons. The highest BCUT2D eigenvalue weighted by Gasteiger charge is 2.01. The summed E-state index contributed by atoms with van der Waals surface area (Å²) < 4.78 is 0. The first-order valence-corrected chi connectivity index (χ1v) is 6.29. The molecule has 0 aromatic heterocycles. The number of phenols is 1. The van der Waals surface area contributed by atoms with Gasteiger partial charge in [0.15, 0.2) is 0 Å². The van der Waals surface area contributed by atoms with Gasteiger partial charge in [0.05, 0.1) is 5.02 Å². The summed E-state index contributed by atoms with van der Waals surface area (Å²) in [6.45, 7) is 2.63. The van der Waals surface area contributed by atoms with Crippen molar-refractivity contribution in [3.8, 4) is 5.75 Å². The summed E-state index contributed by atoms with van der Waals surface area (Å²) >= 11 is 11.9. The zero-order chi connectivity index (χ0) is 13.1. The first kappa shape index (κ1) is 13.1. The lowest BCUT2D eigenvalue weighted by molar-refractivity contribution is 0.475. The number of aryl methyl sites for hydroxylation is 1. The number of halogens is 2. The lowest BCUT2D eigenvalue weighted by atomic mass is 10.1. The Morgan fingerprint density at radius 2 is 1.83 bits per heavy atom. The minimum Gasteiger partial charge on any atom is -0.506 e. The molecule has 0 spiro atoms. The van der Waals surface area contributed by atoms with Crippen LogP contribution in [0.4, 0.5) is 5.69 Å². The van der Waals surface area contributed by atoms with Gasteiger partial charge in [0.2, 0.25) is 0 Å². The Hall–Kier alpha value is -1.38. The quantitative estimate of drug-likeness (QED) is 0.805. The standard InChI is InChI=1S/C14H13Cl2NO/c1-9-2-3-10(6-12(9)15)8-17-11-4-5-14(18)13(16)7-11/h2-7,17-18H,8H2,1H3. The third kappa shape index (κ3) is 3.09. The average Bonchev–Trinajstić information content (AvgIpc) is 2.35. The Bertz CT molecular complexity index is 518. The van der Waals surface area contributed by atoms with Crippen molar-refractivity contribution >= 4 is 28.9 Å². The minimum absolute atomic E-state index is 0.0839. The molecule has 2 N–H and O–H groups in total.